The molecule has 55 heavy (non-hydrogen) atoms. The summed E-state index contributed by atoms with van der Waals surface area (Å²) >= 11 is 3.40. The molecule has 7 heteroatoms. The molecule has 5 nitrogen and oxygen atoms in total. The van der Waals surface area contributed by atoms with Crippen LogP contribution >= 0.6 is 22.7 Å². The summed E-state index contributed by atoms with van der Waals surface area (Å²) in [6.07, 6.45) is 1.81. The number of pyridine rings is 2. The number of thiazole rings is 2. The molecule has 0 fully saturated rings. The van der Waals surface area contributed by atoms with E-state index in [4.69, 9.17) is 15.0 Å². The van der Waals surface area contributed by atoms with Gasteiger partial charge in [-0.2, -0.15) is 0 Å². The van der Waals surface area contributed by atoms with Crippen LogP contribution < -0.4 is 4.90 Å². The van der Waals surface area contributed by atoms with Gasteiger partial charge in [0.15, 0.2) is 0 Å². The summed E-state index contributed by atoms with van der Waals surface area (Å²) in [5.74, 6) is 0. The van der Waals surface area contributed by atoms with E-state index in [1.165, 1.54) is 9.40 Å². The number of rotatable bonds is 6. The fourth-order valence-corrected chi connectivity index (χ4v) is 9.22. The predicted octanol–water partition coefficient (Wildman–Crippen LogP) is 13.6. The Morgan fingerprint density at radius 2 is 1.02 bits per heavy atom. The summed E-state index contributed by atoms with van der Waals surface area (Å²) in [4.78, 5) is 21.7. The molecule has 0 spiro atoms. The summed E-state index contributed by atoms with van der Waals surface area (Å²) in [5, 5.41) is 5.93. The van der Waals surface area contributed by atoms with Crippen LogP contribution in [-0.4, -0.2) is 19.9 Å². The fourth-order valence-electron chi connectivity index (χ4n) is 7.28. The number of anilines is 3. The third kappa shape index (κ3) is 5.69. The van der Waals surface area contributed by atoms with Crippen LogP contribution in [0.1, 0.15) is 1.37 Å². The largest absolute Gasteiger partial charge is 0.310 e. The molecule has 0 radical (unpaired) electrons. The van der Waals surface area contributed by atoms with Crippen molar-refractivity contribution in [3.05, 3.63) is 176 Å². The van der Waals surface area contributed by atoms with Gasteiger partial charge in [-0.05, 0) is 114 Å². The molecule has 258 valence electrons. The Kier molecular flexibility index (Phi) is 7.21. The quantitative estimate of drug-likeness (QED) is 0.159. The van der Waals surface area contributed by atoms with Gasteiger partial charge in [0, 0.05) is 50.7 Å². The van der Waals surface area contributed by atoms with Gasteiger partial charge < -0.3 is 4.90 Å². The number of aromatic nitrogens is 4. The van der Waals surface area contributed by atoms with Crippen molar-refractivity contribution < 1.29 is 1.37 Å². The highest BCUT2D eigenvalue weighted by molar-refractivity contribution is 7.22. The lowest BCUT2D eigenvalue weighted by Crippen LogP contribution is -2.09. The minimum Gasteiger partial charge on any atom is -0.310 e. The molecule has 0 bridgehead atoms. The second-order valence-corrected chi connectivity index (χ2v) is 15.5. The van der Waals surface area contributed by atoms with Crippen molar-refractivity contribution in [2.24, 2.45) is 0 Å². The monoisotopic (exact) mass is 740 g/mol. The van der Waals surface area contributed by atoms with E-state index < -0.39 is 0 Å². The summed E-state index contributed by atoms with van der Waals surface area (Å²) in [7, 11) is 0. The van der Waals surface area contributed by atoms with Crippen LogP contribution in [0.4, 0.5) is 17.1 Å². The van der Waals surface area contributed by atoms with E-state index in [1.807, 2.05) is 36.5 Å². The van der Waals surface area contributed by atoms with Crippen molar-refractivity contribution in [2.45, 2.75) is 0 Å². The summed E-state index contributed by atoms with van der Waals surface area (Å²) < 4.78 is 11.7. The van der Waals surface area contributed by atoms with Crippen molar-refractivity contribution in [3.8, 4) is 32.4 Å². The van der Waals surface area contributed by atoms with Gasteiger partial charge in [-0.3, -0.25) is 4.98 Å². The molecule has 0 N–H and O–H groups in total. The smallest absolute Gasteiger partial charge is 0.124 e. The summed E-state index contributed by atoms with van der Waals surface area (Å²) in [6, 6.07) is 56.8. The van der Waals surface area contributed by atoms with Crippen molar-refractivity contribution in [2.75, 3.05) is 4.90 Å². The molecular weight excluding hydrogens is 711 g/mol. The van der Waals surface area contributed by atoms with Gasteiger partial charge in [0.2, 0.25) is 0 Å². The molecule has 0 saturated carbocycles. The number of hydrogen-bond donors (Lipinski definition) is 0. The maximum absolute atomic E-state index is 9.35. The number of para-hydroxylation sites is 2. The molecule has 0 atom stereocenters. The number of hydrogen-bond acceptors (Lipinski definition) is 7. The first kappa shape index (κ1) is 30.6. The second kappa shape index (κ2) is 13.0. The predicted molar refractivity (Wildman–Crippen MR) is 232 cm³/mol. The van der Waals surface area contributed by atoms with Crippen LogP contribution in [0.5, 0.6) is 0 Å². The van der Waals surface area contributed by atoms with Crippen LogP contribution in [0.2, 0.25) is 0 Å². The molecule has 11 rings (SSSR count). The first-order valence-electron chi connectivity index (χ1n) is 18.5. The Morgan fingerprint density at radius 3 is 1.67 bits per heavy atom. The Balaban J connectivity index is 0.996. The van der Waals surface area contributed by atoms with Gasteiger partial charge in [-0.25, -0.2) is 15.0 Å². The Morgan fingerprint density at radius 1 is 0.436 bits per heavy atom. The lowest BCUT2D eigenvalue weighted by Gasteiger charge is -2.26. The van der Waals surface area contributed by atoms with Gasteiger partial charge in [0.25, 0.3) is 0 Å². The van der Waals surface area contributed by atoms with Gasteiger partial charge in [-0.1, -0.05) is 66.7 Å². The number of fused-ring (bicyclic) bond motifs is 6. The van der Waals surface area contributed by atoms with Crippen molar-refractivity contribution in [1.29, 1.82) is 0 Å². The molecule has 0 saturated heterocycles. The molecule has 0 aliphatic heterocycles. The zero-order valence-electron chi connectivity index (χ0n) is 30.2. The summed E-state index contributed by atoms with van der Waals surface area (Å²) in [5.41, 5.74) is 10.6. The lowest BCUT2D eigenvalue weighted by molar-refractivity contribution is 1.29. The lowest BCUT2D eigenvalue weighted by atomic mass is 10.0. The van der Waals surface area contributed by atoms with E-state index in [-0.39, 0.29) is 0 Å². The first-order chi connectivity index (χ1) is 27.6. The Labute approximate surface area is 325 Å². The van der Waals surface area contributed by atoms with Crippen molar-refractivity contribution in [1.82, 2.24) is 19.9 Å². The van der Waals surface area contributed by atoms with Gasteiger partial charge in [0.1, 0.15) is 10.0 Å². The van der Waals surface area contributed by atoms with Crippen LogP contribution in [0.15, 0.2) is 176 Å². The van der Waals surface area contributed by atoms with Crippen molar-refractivity contribution in [3.63, 3.8) is 0 Å². The third-order valence-corrected chi connectivity index (χ3v) is 12.2. The second-order valence-electron chi connectivity index (χ2n) is 13.5. The molecule has 11 aromatic rings. The van der Waals surface area contributed by atoms with Gasteiger partial charge in [-0.15, -0.1) is 22.7 Å². The average molecular weight is 741 g/mol. The highest BCUT2D eigenvalue weighted by atomic mass is 32.1. The van der Waals surface area contributed by atoms with Crippen LogP contribution in [0, 0.1) is 0 Å². The normalized spacial score (nSPS) is 11.9. The highest BCUT2D eigenvalue weighted by Crippen LogP contribution is 2.40. The van der Waals surface area contributed by atoms with E-state index in [2.05, 4.69) is 143 Å². The highest BCUT2D eigenvalue weighted by Gasteiger charge is 2.16. The van der Waals surface area contributed by atoms with E-state index in [1.54, 1.807) is 22.7 Å². The van der Waals surface area contributed by atoms with Crippen LogP contribution in [-0.2, 0) is 0 Å². The molecule has 4 heterocycles. The number of benzene rings is 7. The zero-order valence-corrected chi connectivity index (χ0v) is 30.9. The molecule has 7 aromatic carbocycles. The third-order valence-electron chi connectivity index (χ3n) is 10.1. The SMILES string of the molecule is [2H]c1cc(N(c2ccc(-c3nc4ccccc4s3)cc2)c2ccc(-c3nc4ccccc4s3)cc2)cc2ccc(-c3ccc4ccc5cccnc5c4n3)cc12. The Bertz CT molecular complexity index is 3100. The van der Waals surface area contributed by atoms with E-state index in [9.17, 15) is 1.37 Å². The molecule has 0 aliphatic rings. The maximum Gasteiger partial charge on any atom is 0.124 e. The molecular formula is C48H29N5S2. The van der Waals surface area contributed by atoms with E-state index >= 15 is 0 Å². The van der Waals surface area contributed by atoms with Crippen LogP contribution in [0.25, 0.3) is 85.4 Å². The average Bonchev–Trinajstić information content (AvgIpc) is 3.89. The van der Waals surface area contributed by atoms with Gasteiger partial charge in [0.05, 0.1) is 38.5 Å². The van der Waals surface area contributed by atoms with E-state index in [0.29, 0.717) is 6.04 Å². The van der Waals surface area contributed by atoms with Gasteiger partial charge >= 0.3 is 0 Å². The minimum absolute atomic E-state index is 0.439. The van der Waals surface area contributed by atoms with Crippen molar-refractivity contribution >= 4 is 92.7 Å². The fraction of sp³-hybridized carbons (Fsp3) is 0. The summed E-state index contributed by atoms with van der Waals surface area (Å²) in [6.45, 7) is 0. The standard InChI is InChI=1S/C48H29N5S2/c1-3-9-43-41(7-1)51-47(54-43)32-15-21-37(22-16-32)53(38-23-17-33(18-24-38)48-52-42-8-2-4-10-44(42)55-48)39-25-19-34-28-36(14-13-35(34)29-39)40-26-20-31-12-11-30-6-5-27-49-45(30)46(31)50-40/h1-29H/i19D. The molecule has 4 aromatic heterocycles. The Hall–Kier alpha value is -6.80. The first-order valence-corrected chi connectivity index (χ1v) is 19.7. The maximum atomic E-state index is 9.35. The topological polar surface area (TPSA) is 54.8 Å². The number of nitrogens with zero attached hydrogens (tertiary/aromatic N) is 5. The zero-order chi connectivity index (χ0) is 37.2. The molecule has 0 unspecified atom stereocenters. The minimum atomic E-state index is 0.439. The molecule has 0 aliphatic carbocycles. The van der Waals surface area contributed by atoms with E-state index in [0.717, 1.165) is 93.1 Å². The van der Waals surface area contributed by atoms with Crippen LogP contribution in [0.3, 0.4) is 0 Å². The molecule has 0 amide bonds.